The molecule has 128 valence electrons. The van der Waals surface area contributed by atoms with E-state index in [1.807, 2.05) is 19.9 Å². The summed E-state index contributed by atoms with van der Waals surface area (Å²) in [5.41, 5.74) is 2.15. The number of benzene rings is 1. The van der Waals surface area contributed by atoms with E-state index in [1.165, 1.54) is 0 Å². The minimum atomic E-state index is -0.406. The monoisotopic (exact) mass is 330 g/mol. The van der Waals surface area contributed by atoms with Crippen molar-refractivity contribution in [2.24, 2.45) is 0 Å². The second-order valence-electron chi connectivity index (χ2n) is 6.21. The highest BCUT2D eigenvalue weighted by Crippen LogP contribution is 2.29. The van der Waals surface area contributed by atoms with E-state index in [1.54, 1.807) is 12.1 Å². The molecule has 1 aliphatic rings. The van der Waals surface area contributed by atoms with E-state index in [0.29, 0.717) is 11.3 Å². The Morgan fingerprint density at radius 2 is 2.00 bits per heavy atom. The molecule has 3 rings (SSSR count). The molecule has 0 radical (unpaired) electrons. The molecule has 0 saturated heterocycles. The summed E-state index contributed by atoms with van der Waals surface area (Å²) in [6.07, 6.45) is 4.44. The van der Waals surface area contributed by atoms with Crippen molar-refractivity contribution >= 4 is 16.9 Å². The highest BCUT2D eigenvalue weighted by atomic mass is 16.6. The van der Waals surface area contributed by atoms with Crippen LogP contribution in [0, 0.1) is 0 Å². The van der Waals surface area contributed by atoms with Crippen LogP contribution in [0.15, 0.2) is 27.4 Å². The molecule has 1 aliphatic carbocycles. The molecule has 2 aromatic rings. The van der Waals surface area contributed by atoms with Crippen molar-refractivity contribution in [3.05, 3.63) is 39.7 Å². The summed E-state index contributed by atoms with van der Waals surface area (Å²) in [7, 11) is 0. The number of hydrogen-bond acceptors (Lipinski definition) is 5. The molecule has 1 atom stereocenters. The zero-order valence-corrected chi connectivity index (χ0v) is 14.1. The Hall–Kier alpha value is -2.30. The third kappa shape index (κ3) is 3.45. The van der Waals surface area contributed by atoms with Crippen LogP contribution < -0.4 is 10.4 Å². The first-order valence-electron chi connectivity index (χ1n) is 8.49. The Morgan fingerprint density at radius 1 is 1.25 bits per heavy atom. The number of fused-ring (bicyclic) bond motifs is 3. The van der Waals surface area contributed by atoms with Gasteiger partial charge in [0.15, 0.2) is 6.61 Å². The first-order chi connectivity index (χ1) is 11.6. The molecule has 0 spiro atoms. The summed E-state index contributed by atoms with van der Waals surface area (Å²) in [5, 5.41) is 0.957. The van der Waals surface area contributed by atoms with Crippen LogP contribution in [0.3, 0.4) is 0 Å². The van der Waals surface area contributed by atoms with Gasteiger partial charge in [0.1, 0.15) is 11.3 Å². The molecule has 0 N–H and O–H groups in total. The zero-order chi connectivity index (χ0) is 17.1. The van der Waals surface area contributed by atoms with Gasteiger partial charge in [-0.3, -0.25) is 0 Å². The molecule has 5 nitrogen and oxygen atoms in total. The maximum Gasteiger partial charge on any atom is 0.344 e. The fraction of sp³-hybridized carbons (Fsp3) is 0.474. The minimum Gasteiger partial charge on any atom is -0.482 e. The number of esters is 1. The van der Waals surface area contributed by atoms with Crippen LogP contribution in [-0.2, 0) is 22.4 Å². The van der Waals surface area contributed by atoms with Gasteiger partial charge in [-0.1, -0.05) is 6.92 Å². The lowest BCUT2D eigenvalue weighted by atomic mass is 9.91. The number of carbonyl (C=O) groups is 1. The summed E-state index contributed by atoms with van der Waals surface area (Å²) in [6, 6.07) is 5.37. The molecule has 1 aromatic heterocycles. The van der Waals surface area contributed by atoms with E-state index >= 15 is 0 Å². The number of carbonyl (C=O) groups excluding carboxylic acids is 1. The molecule has 0 unspecified atom stereocenters. The van der Waals surface area contributed by atoms with E-state index in [-0.39, 0.29) is 18.3 Å². The maximum absolute atomic E-state index is 12.1. The Labute approximate surface area is 140 Å². The number of hydrogen-bond donors (Lipinski definition) is 0. The molecule has 1 aromatic carbocycles. The SMILES string of the molecule is CC[C@@H](C)OC(=O)COc1ccc2c3c(c(=O)oc2c1)CCCC3. The summed E-state index contributed by atoms with van der Waals surface area (Å²) in [5.74, 6) is 0.0823. The van der Waals surface area contributed by atoms with Gasteiger partial charge in [-0.25, -0.2) is 9.59 Å². The third-order valence-electron chi connectivity index (χ3n) is 4.46. The molecule has 0 bridgehead atoms. The molecule has 0 aliphatic heterocycles. The predicted octanol–water partition coefficient (Wildman–Crippen LogP) is 3.39. The van der Waals surface area contributed by atoms with Crippen LogP contribution in [0.25, 0.3) is 11.0 Å². The van der Waals surface area contributed by atoms with Crippen molar-refractivity contribution in [1.29, 1.82) is 0 Å². The van der Waals surface area contributed by atoms with Crippen molar-refractivity contribution < 1.29 is 18.7 Å². The van der Waals surface area contributed by atoms with E-state index in [9.17, 15) is 9.59 Å². The highest BCUT2D eigenvalue weighted by Gasteiger charge is 2.18. The first kappa shape index (κ1) is 16.6. The van der Waals surface area contributed by atoms with Gasteiger partial charge in [0, 0.05) is 17.0 Å². The minimum absolute atomic E-state index is 0.123. The van der Waals surface area contributed by atoms with Gasteiger partial charge in [0.25, 0.3) is 0 Å². The third-order valence-corrected chi connectivity index (χ3v) is 4.46. The van der Waals surface area contributed by atoms with Crippen LogP contribution >= 0.6 is 0 Å². The van der Waals surface area contributed by atoms with Gasteiger partial charge >= 0.3 is 11.6 Å². The molecular weight excluding hydrogens is 308 g/mol. The van der Waals surface area contributed by atoms with Crippen molar-refractivity contribution in [1.82, 2.24) is 0 Å². The Morgan fingerprint density at radius 3 is 2.75 bits per heavy atom. The largest absolute Gasteiger partial charge is 0.482 e. The summed E-state index contributed by atoms with van der Waals surface area (Å²) in [4.78, 5) is 23.8. The van der Waals surface area contributed by atoms with Gasteiger partial charge < -0.3 is 13.9 Å². The van der Waals surface area contributed by atoms with Gasteiger partial charge in [-0.15, -0.1) is 0 Å². The van der Waals surface area contributed by atoms with Gasteiger partial charge in [0.2, 0.25) is 0 Å². The molecule has 0 amide bonds. The number of aryl methyl sites for hydroxylation is 1. The average molecular weight is 330 g/mol. The van der Waals surface area contributed by atoms with Crippen LogP contribution in [0.4, 0.5) is 0 Å². The fourth-order valence-electron chi connectivity index (χ4n) is 3.00. The molecule has 5 heteroatoms. The van der Waals surface area contributed by atoms with Crippen LogP contribution in [0.5, 0.6) is 5.75 Å². The first-order valence-corrected chi connectivity index (χ1v) is 8.49. The van der Waals surface area contributed by atoms with Crippen LogP contribution in [-0.4, -0.2) is 18.7 Å². The standard InChI is InChI=1S/C19H22O5/c1-3-12(2)23-18(20)11-22-13-8-9-15-14-6-4-5-7-16(14)19(21)24-17(15)10-13/h8-10,12H,3-7,11H2,1-2H3/t12-/m1/s1. The lowest BCUT2D eigenvalue weighted by Gasteiger charge is -2.16. The summed E-state index contributed by atoms with van der Waals surface area (Å²) >= 11 is 0. The highest BCUT2D eigenvalue weighted by molar-refractivity contribution is 5.83. The van der Waals surface area contributed by atoms with E-state index < -0.39 is 5.97 Å². The Balaban J connectivity index is 1.79. The van der Waals surface area contributed by atoms with Crippen molar-refractivity contribution in [3.63, 3.8) is 0 Å². The maximum atomic E-state index is 12.1. The van der Waals surface area contributed by atoms with E-state index in [2.05, 4.69) is 0 Å². The molecule has 0 fully saturated rings. The summed E-state index contributed by atoms with van der Waals surface area (Å²) < 4.78 is 16.1. The number of rotatable bonds is 5. The molecule has 0 saturated carbocycles. The predicted molar refractivity (Wildman–Crippen MR) is 90.5 cm³/mol. The Bertz CT molecular complexity index is 805. The lowest BCUT2D eigenvalue weighted by Crippen LogP contribution is -2.20. The number of ether oxygens (including phenoxy) is 2. The molecule has 24 heavy (non-hydrogen) atoms. The van der Waals surface area contributed by atoms with Crippen LogP contribution in [0.1, 0.15) is 44.2 Å². The van der Waals surface area contributed by atoms with Crippen LogP contribution in [0.2, 0.25) is 0 Å². The average Bonchev–Trinajstić information content (AvgIpc) is 2.60. The topological polar surface area (TPSA) is 65.7 Å². The van der Waals surface area contributed by atoms with Crippen molar-refractivity contribution in [2.75, 3.05) is 6.61 Å². The normalized spacial score (nSPS) is 14.9. The molecular formula is C19H22O5. The second kappa shape index (κ2) is 7.07. The fourth-order valence-corrected chi connectivity index (χ4v) is 3.00. The van der Waals surface area contributed by atoms with E-state index in [0.717, 1.165) is 48.6 Å². The van der Waals surface area contributed by atoms with Crippen molar-refractivity contribution in [2.45, 2.75) is 52.1 Å². The lowest BCUT2D eigenvalue weighted by molar-refractivity contribution is -0.150. The van der Waals surface area contributed by atoms with Gasteiger partial charge in [0.05, 0.1) is 6.10 Å². The van der Waals surface area contributed by atoms with Gasteiger partial charge in [-0.05, 0) is 56.7 Å². The second-order valence-corrected chi connectivity index (χ2v) is 6.21. The smallest absolute Gasteiger partial charge is 0.344 e. The zero-order valence-electron chi connectivity index (χ0n) is 14.1. The molecule has 1 heterocycles. The summed E-state index contributed by atoms with van der Waals surface area (Å²) in [6.45, 7) is 3.63. The van der Waals surface area contributed by atoms with E-state index in [4.69, 9.17) is 13.9 Å². The Kier molecular flexibility index (Phi) is 4.88. The quantitative estimate of drug-likeness (QED) is 0.621. The van der Waals surface area contributed by atoms with Gasteiger partial charge in [-0.2, -0.15) is 0 Å². The van der Waals surface area contributed by atoms with Crippen molar-refractivity contribution in [3.8, 4) is 5.75 Å².